The summed E-state index contributed by atoms with van der Waals surface area (Å²) in [7, 11) is 1.98. The molecule has 0 spiro atoms. The van der Waals surface area contributed by atoms with E-state index in [-0.39, 0.29) is 0 Å². The summed E-state index contributed by atoms with van der Waals surface area (Å²) in [6, 6.07) is 23.5. The van der Waals surface area contributed by atoms with Crippen molar-refractivity contribution in [1.29, 1.82) is 0 Å². The molecule has 0 radical (unpaired) electrons. The van der Waals surface area contributed by atoms with Crippen LogP contribution in [0.4, 0.5) is 5.82 Å². The van der Waals surface area contributed by atoms with Crippen LogP contribution in [0.5, 0.6) is 0 Å². The fourth-order valence-corrected chi connectivity index (χ4v) is 3.91. The average Bonchev–Trinajstić information content (AvgIpc) is 3.02. The van der Waals surface area contributed by atoms with Crippen LogP contribution < -0.4 is 4.90 Å². The predicted molar refractivity (Wildman–Crippen MR) is 120 cm³/mol. The molecule has 0 N–H and O–H groups in total. The fraction of sp³-hybridized carbons (Fsp3) is 0.280. The molecule has 0 saturated heterocycles. The molecule has 4 nitrogen and oxygen atoms in total. The lowest BCUT2D eigenvalue weighted by Crippen LogP contribution is -2.23. The Morgan fingerprint density at radius 2 is 1.45 bits per heavy atom. The lowest BCUT2D eigenvalue weighted by molar-refractivity contribution is 0.758. The second-order valence-electron chi connectivity index (χ2n) is 7.96. The van der Waals surface area contributed by atoms with E-state index in [4.69, 9.17) is 4.98 Å². The highest BCUT2D eigenvalue weighted by molar-refractivity contribution is 5.84. The summed E-state index contributed by atoms with van der Waals surface area (Å²) < 4.78 is 1.91. The van der Waals surface area contributed by atoms with Crippen LogP contribution in [0, 0.1) is 6.92 Å². The molecule has 0 fully saturated rings. The molecule has 0 saturated carbocycles. The van der Waals surface area contributed by atoms with Gasteiger partial charge < -0.3 is 4.90 Å². The highest BCUT2D eigenvalue weighted by Gasteiger charge is 2.19. The van der Waals surface area contributed by atoms with E-state index < -0.39 is 0 Å². The Morgan fingerprint density at radius 3 is 1.97 bits per heavy atom. The van der Waals surface area contributed by atoms with Gasteiger partial charge in [0.05, 0.1) is 5.69 Å². The van der Waals surface area contributed by atoms with Crippen LogP contribution >= 0.6 is 0 Å². The third-order valence-electron chi connectivity index (χ3n) is 5.36. The Labute approximate surface area is 172 Å². The highest BCUT2D eigenvalue weighted by atomic mass is 15.3. The highest BCUT2D eigenvalue weighted by Crippen LogP contribution is 2.31. The van der Waals surface area contributed by atoms with Crippen molar-refractivity contribution >= 4 is 16.9 Å². The van der Waals surface area contributed by atoms with Gasteiger partial charge in [0.25, 0.3) is 0 Å². The van der Waals surface area contributed by atoms with E-state index in [0.717, 1.165) is 30.2 Å². The first-order valence-corrected chi connectivity index (χ1v) is 10.2. The van der Waals surface area contributed by atoms with E-state index in [0.29, 0.717) is 5.92 Å². The Kier molecular flexibility index (Phi) is 5.34. The van der Waals surface area contributed by atoms with E-state index in [1.54, 1.807) is 0 Å². The first-order chi connectivity index (χ1) is 14.0. The average molecular weight is 385 g/mol. The van der Waals surface area contributed by atoms with E-state index in [1.807, 2.05) is 11.7 Å². The number of hydrogen-bond donors (Lipinski definition) is 0. The van der Waals surface area contributed by atoms with Crippen LogP contribution in [0.3, 0.4) is 0 Å². The Hall–Kier alpha value is -3.14. The number of nitrogens with zero attached hydrogens (tertiary/aromatic N) is 4. The number of hydrogen-bond acceptors (Lipinski definition) is 3. The third-order valence-corrected chi connectivity index (χ3v) is 5.36. The van der Waals surface area contributed by atoms with Gasteiger partial charge in [0.15, 0.2) is 5.65 Å². The van der Waals surface area contributed by atoms with Crippen molar-refractivity contribution < 1.29 is 0 Å². The number of rotatable bonds is 6. The van der Waals surface area contributed by atoms with Crippen molar-refractivity contribution in [3.63, 3.8) is 0 Å². The van der Waals surface area contributed by atoms with Gasteiger partial charge in [-0.1, -0.05) is 74.5 Å². The summed E-state index contributed by atoms with van der Waals surface area (Å²) in [6.45, 7) is 8.17. The van der Waals surface area contributed by atoms with Gasteiger partial charge in [-0.15, -0.1) is 0 Å². The van der Waals surface area contributed by atoms with Crippen molar-refractivity contribution in [2.75, 3.05) is 4.90 Å². The van der Waals surface area contributed by atoms with Crippen LogP contribution in [0.25, 0.3) is 11.0 Å². The van der Waals surface area contributed by atoms with Gasteiger partial charge in [0.2, 0.25) is 0 Å². The maximum atomic E-state index is 5.06. The number of fused-ring (bicyclic) bond motifs is 1. The standard InChI is InChI=1S/C25H28N4/c1-18(2)22-15-23(26-25-24(22)19(3)27-28(25)4)29(16-20-11-7-5-8-12-20)17-21-13-9-6-10-14-21/h5-15,18H,16-17H2,1-4H3. The van der Waals surface area contributed by atoms with Gasteiger partial charge in [-0.25, -0.2) is 4.98 Å². The molecular formula is C25H28N4. The minimum absolute atomic E-state index is 0.400. The van der Waals surface area contributed by atoms with E-state index >= 15 is 0 Å². The normalized spacial score (nSPS) is 11.3. The largest absolute Gasteiger partial charge is 0.348 e. The molecule has 0 aliphatic carbocycles. The lowest BCUT2D eigenvalue weighted by Gasteiger charge is -2.25. The second kappa shape index (κ2) is 8.08. The van der Waals surface area contributed by atoms with Crippen LogP contribution in [-0.4, -0.2) is 14.8 Å². The molecule has 0 unspecified atom stereocenters. The van der Waals surface area contributed by atoms with Gasteiger partial charge in [-0.2, -0.15) is 5.10 Å². The molecule has 0 atom stereocenters. The van der Waals surface area contributed by atoms with E-state index in [2.05, 4.69) is 97.5 Å². The molecule has 2 heterocycles. The molecule has 29 heavy (non-hydrogen) atoms. The summed E-state index contributed by atoms with van der Waals surface area (Å²) >= 11 is 0. The maximum Gasteiger partial charge on any atom is 0.160 e. The molecule has 4 aromatic rings. The third kappa shape index (κ3) is 4.02. The lowest BCUT2D eigenvalue weighted by atomic mass is 9.99. The molecule has 4 heteroatoms. The Bertz CT molecular complexity index is 1060. The summed E-state index contributed by atoms with van der Waals surface area (Å²) in [5, 5.41) is 5.82. The number of aryl methyl sites for hydroxylation is 2. The summed E-state index contributed by atoms with van der Waals surface area (Å²) in [6.07, 6.45) is 0. The number of benzene rings is 2. The second-order valence-corrected chi connectivity index (χ2v) is 7.96. The zero-order valence-electron chi connectivity index (χ0n) is 17.6. The Morgan fingerprint density at radius 1 is 0.897 bits per heavy atom. The van der Waals surface area contributed by atoms with Gasteiger partial charge in [0, 0.05) is 25.5 Å². The van der Waals surface area contributed by atoms with Gasteiger partial charge in [-0.3, -0.25) is 4.68 Å². The SMILES string of the molecule is Cc1nn(C)c2nc(N(Cc3ccccc3)Cc3ccccc3)cc(C(C)C)c12. The fourth-order valence-electron chi connectivity index (χ4n) is 3.91. The number of aromatic nitrogens is 3. The van der Waals surface area contributed by atoms with Crippen molar-refractivity contribution in [3.05, 3.63) is 89.1 Å². The first kappa shape index (κ1) is 19.2. The maximum absolute atomic E-state index is 5.06. The van der Waals surface area contributed by atoms with Crippen molar-refractivity contribution in [1.82, 2.24) is 14.8 Å². The first-order valence-electron chi connectivity index (χ1n) is 10.2. The van der Waals surface area contributed by atoms with Crippen LogP contribution in [0.15, 0.2) is 66.7 Å². The smallest absolute Gasteiger partial charge is 0.160 e. The zero-order chi connectivity index (χ0) is 20.4. The Balaban J connectivity index is 1.82. The molecule has 0 amide bonds. The molecule has 0 aliphatic rings. The zero-order valence-corrected chi connectivity index (χ0v) is 17.6. The van der Waals surface area contributed by atoms with Crippen molar-refractivity contribution in [2.45, 2.75) is 39.8 Å². The summed E-state index contributed by atoms with van der Waals surface area (Å²) in [5.41, 5.74) is 5.86. The summed E-state index contributed by atoms with van der Waals surface area (Å²) in [5.74, 6) is 1.40. The predicted octanol–water partition coefficient (Wildman–Crippen LogP) is 5.61. The molecule has 2 aromatic heterocycles. The molecule has 0 bridgehead atoms. The van der Waals surface area contributed by atoms with Crippen molar-refractivity contribution in [2.24, 2.45) is 7.05 Å². The number of pyridine rings is 1. The molecule has 2 aromatic carbocycles. The van der Waals surface area contributed by atoms with Crippen LogP contribution in [-0.2, 0) is 20.1 Å². The van der Waals surface area contributed by atoms with Crippen LogP contribution in [0.2, 0.25) is 0 Å². The molecule has 4 rings (SSSR count). The minimum Gasteiger partial charge on any atom is -0.348 e. The molecule has 148 valence electrons. The molecule has 0 aliphatic heterocycles. The van der Waals surface area contributed by atoms with Gasteiger partial charge >= 0.3 is 0 Å². The van der Waals surface area contributed by atoms with Gasteiger partial charge in [-0.05, 0) is 35.6 Å². The van der Waals surface area contributed by atoms with Crippen molar-refractivity contribution in [3.8, 4) is 0 Å². The van der Waals surface area contributed by atoms with E-state index in [9.17, 15) is 0 Å². The minimum atomic E-state index is 0.400. The molecular weight excluding hydrogens is 356 g/mol. The van der Waals surface area contributed by atoms with Gasteiger partial charge in [0.1, 0.15) is 5.82 Å². The van der Waals surface area contributed by atoms with E-state index in [1.165, 1.54) is 22.1 Å². The number of anilines is 1. The topological polar surface area (TPSA) is 34.0 Å². The monoisotopic (exact) mass is 384 g/mol. The van der Waals surface area contributed by atoms with Crippen LogP contribution in [0.1, 0.15) is 42.1 Å². The quantitative estimate of drug-likeness (QED) is 0.433. The summed E-state index contributed by atoms with van der Waals surface area (Å²) in [4.78, 5) is 7.42.